The van der Waals surface area contributed by atoms with E-state index >= 15 is 0 Å². The highest BCUT2D eigenvalue weighted by Gasteiger charge is 2.31. The third-order valence-electron chi connectivity index (χ3n) is 3.68. The van der Waals surface area contributed by atoms with Crippen LogP contribution in [0.3, 0.4) is 0 Å². The van der Waals surface area contributed by atoms with Gasteiger partial charge in [0.2, 0.25) is 0 Å². The molecule has 1 aromatic rings. The van der Waals surface area contributed by atoms with Crippen molar-refractivity contribution in [1.29, 1.82) is 5.26 Å². The van der Waals surface area contributed by atoms with Crippen LogP contribution >= 0.6 is 0 Å². The molecule has 0 spiro atoms. The van der Waals surface area contributed by atoms with Crippen LogP contribution in [0.5, 0.6) is 0 Å². The quantitative estimate of drug-likeness (QED) is 0.868. The molecule has 1 N–H and O–H groups in total. The zero-order valence-corrected chi connectivity index (χ0v) is 11.2. The number of aryl methyl sites for hydroxylation is 1. The maximum absolute atomic E-state index is 9.55. The summed E-state index contributed by atoms with van der Waals surface area (Å²) >= 11 is 0. The Morgan fingerprint density at radius 1 is 1.33 bits per heavy atom. The summed E-state index contributed by atoms with van der Waals surface area (Å²) in [4.78, 5) is 2.30. The second-order valence-electron chi connectivity index (χ2n) is 5.35. The lowest BCUT2D eigenvalue weighted by Crippen LogP contribution is -2.37. The second-order valence-corrected chi connectivity index (χ2v) is 5.35. The fraction of sp³-hybridized carbons (Fsp3) is 0.533. The van der Waals surface area contributed by atoms with Crippen molar-refractivity contribution in [2.24, 2.45) is 0 Å². The molecule has 0 saturated carbocycles. The lowest BCUT2D eigenvalue weighted by atomic mass is 9.91. The molecule has 1 fully saturated rings. The molecule has 1 heterocycles. The highest BCUT2D eigenvalue weighted by Crippen LogP contribution is 2.26. The van der Waals surface area contributed by atoms with Crippen LogP contribution in [0.2, 0.25) is 0 Å². The van der Waals surface area contributed by atoms with E-state index in [4.69, 9.17) is 0 Å². The van der Waals surface area contributed by atoms with E-state index in [9.17, 15) is 5.26 Å². The van der Waals surface area contributed by atoms with E-state index in [1.807, 2.05) is 12.1 Å². The third-order valence-corrected chi connectivity index (χ3v) is 3.68. The molecule has 1 unspecified atom stereocenters. The molecule has 1 aliphatic rings. The van der Waals surface area contributed by atoms with Crippen molar-refractivity contribution in [3.8, 4) is 6.07 Å². The van der Waals surface area contributed by atoms with Gasteiger partial charge in [0.05, 0.1) is 6.07 Å². The molecule has 0 radical (unpaired) electrons. The van der Waals surface area contributed by atoms with Crippen LogP contribution in [0.4, 0.5) is 5.69 Å². The van der Waals surface area contributed by atoms with Crippen LogP contribution in [-0.2, 0) is 0 Å². The highest BCUT2D eigenvalue weighted by molar-refractivity contribution is 5.49. The molecular formula is C15H21N3. The minimum absolute atomic E-state index is 0.404. The SMILES string of the molecule is Cc1cccc(NC2(C#N)CCCN(C)CC2)c1. The predicted octanol–water partition coefficient (Wildman–Crippen LogP) is 2.79. The maximum atomic E-state index is 9.55. The van der Waals surface area contributed by atoms with Gasteiger partial charge in [0.15, 0.2) is 0 Å². The zero-order valence-electron chi connectivity index (χ0n) is 11.2. The number of nitrogens with one attached hydrogen (secondary N) is 1. The Kier molecular flexibility index (Phi) is 3.88. The van der Waals surface area contributed by atoms with Gasteiger partial charge in [0, 0.05) is 12.2 Å². The van der Waals surface area contributed by atoms with Gasteiger partial charge in [-0.25, -0.2) is 0 Å². The molecule has 18 heavy (non-hydrogen) atoms. The molecule has 3 nitrogen and oxygen atoms in total. The first-order chi connectivity index (χ1) is 8.63. The van der Waals surface area contributed by atoms with Gasteiger partial charge in [-0.05, 0) is 57.5 Å². The average molecular weight is 243 g/mol. The number of hydrogen-bond acceptors (Lipinski definition) is 3. The second kappa shape index (κ2) is 5.41. The highest BCUT2D eigenvalue weighted by atomic mass is 15.1. The topological polar surface area (TPSA) is 39.1 Å². The molecule has 0 bridgehead atoms. The summed E-state index contributed by atoms with van der Waals surface area (Å²) in [5.74, 6) is 0. The number of rotatable bonds is 2. The van der Waals surface area contributed by atoms with E-state index < -0.39 is 5.54 Å². The molecule has 0 aromatic heterocycles. The number of hydrogen-bond donors (Lipinski definition) is 1. The minimum atomic E-state index is -0.404. The summed E-state index contributed by atoms with van der Waals surface area (Å²) in [7, 11) is 2.13. The maximum Gasteiger partial charge on any atom is 0.126 e. The summed E-state index contributed by atoms with van der Waals surface area (Å²) in [6.07, 6.45) is 2.87. The Hall–Kier alpha value is -1.53. The largest absolute Gasteiger partial charge is 0.367 e. The van der Waals surface area contributed by atoms with Crippen LogP contribution < -0.4 is 5.32 Å². The summed E-state index contributed by atoms with van der Waals surface area (Å²) < 4.78 is 0. The molecule has 1 atom stereocenters. The summed E-state index contributed by atoms with van der Waals surface area (Å²) in [5.41, 5.74) is 1.87. The van der Waals surface area contributed by atoms with Crippen molar-refractivity contribution >= 4 is 5.69 Å². The number of anilines is 1. The summed E-state index contributed by atoms with van der Waals surface area (Å²) in [6, 6.07) is 10.8. The fourth-order valence-electron chi connectivity index (χ4n) is 2.53. The van der Waals surface area contributed by atoms with E-state index in [0.29, 0.717) is 0 Å². The van der Waals surface area contributed by atoms with Gasteiger partial charge >= 0.3 is 0 Å². The number of likely N-dealkylation sites (tertiary alicyclic amines) is 1. The van der Waals surface area contributed by atoms with Gasteiger partial charge in [-0.15, -0.1) is 0 Å². The van der Waals surface area contributed by atoms with E-state index in [2.05, 4.69) is 42.4 Å². The summed E-state index contributed by atoms with van der Waals surface area (Å²) in [5, 5.41) is 13.0. The van der Waals surface area contributed by atoms with Gasteiger partial charge in [-0.2, -0.15) is 5.26 Å². The van der Waals surface area contributed by atoms with E-state index in [-0.39, 0.29) is 0 Å². The van der Waals surface area contributed by atoms with Crippen molar-refractivity contribution in [3.63, 3.8) is 0 Å². The average Bonchev–Trinajstić information content (AvgIpc) is 2.53. The molecule has 1 aromatic carbocycles. The lowest BCUT2D eigenvalue weighted by Gasteiger charge is -2.27. The van der Waals surface area contributed by atoms with Crippen molar-refractivity contribution in [1.82, 2.24) is 4.90 Å². The van der Waals surface area contributed by atoms with Crippen LogP contribution in [-0.4, -0.2) is 30.6 Å². The molecule has 1 aliphatic heterocycles. The van der Waals surface area contributed by atoms with E-state index in [0.717, 1.165) is 38.0 Å². The standard InChI is InChI=1S/C15H21N3/c1-13-5-3-6-14(11-13)17-15(12-16)7-4-9-18(2)10-8-15/h3,5-6,11,17H,4,7-10H2,1-2H3. The van der Waals surface area contributed by atoms with Gasteiger partial charge in [-0.1, -0.05) is 12.1 Å². The fourth-order valence-corrected chi connectivity index (χ4v) is 2.53. The van der Waals surface area contributed by atoms with Crippen LogP contribution in [0, 0.1) is 18.3 Å². The monoisotopic (exact) mass is 243 g/mol. The van der Waals surface area contributed by atoms with Gasteiger partial charge in [0.1, 0.15) is 5.54 Å². The molecule has 3 heteroatoms. The van der Waals surface area contributed by atoms with Crippen molar-refractivity contribution < 1.29 is 0 Å². The predicted molar refractivity (Wildman–Crippen MR) is 74.5 cm³/mol. The van der Waals surface area contributed by atoms with E-state index in [1.165, 1.54) is 5.56 Å². The van der Waals surface area contributed by atoms with Gasteiger partial charge < -0.3 is 10.2 Å². The molecular weight excluding hydrogens is 222 g/mol. The number of nitriles is 1. The van der Waals surface area contributed by atoms with E-state index in [1.54, 1.807) is 0 Å². The van der Waals surface area contributed by atoms with Crippen molar-refractivity contribution in [2.75, 3.05) is 25.5 Å². The lowest BCUT2D eigenvalue weighted by molar-refractivity contribution is 0.345. The molecule has 2 rings (SSSR count). The Morgan fingerprint density at radius 3 is 2.89 bits per heavy atom. The van der Waals surface area contributed by atoms with Crippen molar-refractivity contribution in [3.05, 3.63) is 29.8 Å². The smallest absolute Gasteiger partial charge is 0.126 e. The number of nitrogens with zero attached hydrogens (tertiary/aromatic N) is 2. The van der Waals surface area contributed by atoms with Crippen molar-refractivity contribution in [2.45, 2.75) is 31.7 Å². The van der Waals surface area contributed by atoms with Gasteiger partial charge in [0.25, 0.3) is 0 Å². The zero-order chi connectivity index (χ0) is 13.0. The van der Waals surface area contributed by atoms with Gasteiger partial charge in [-0.3, -0.25) is 0 Å². The summed E-state index contributed by atoms with van der Waals surface area (Å²) in [6.45, 7) is 4.14. The Labute approximate surface area is 109 Å². The molecule has 0 aliphatic carbocycles. The molecule has 1 saturated heterocycles. The first-order valence-electron chi connectivity index (χ1n) is 6.58. The minimum Gasteiger partial charge on any atom is -0.367 e. The first-order valence-corrected chi connectivity index (χ1v) is 6.58. The Bertz CT molecular complexity index is 449. The third kappa shape index (κ3) is 3.02. The molecule has 0 amide bonds. The molecule has 96 valence electrons. The van der Waals surface area contributed by atoms with Crippen LogP contribution in [0.25, 0.3) is 0 Å². The van der Waals surface area contributed by atoms with Crippen LogP contribution in [0.1, 0.15) is 24.8 Å². The Balaban J connectivity index is 2.15. The normalized spacial score (nSPS) is 25.2. The number of benzene rings is 1. The van der Waals surface area contributed by atoms with Crippen LogP contribution in [0.15, 0.2) is 24.3 Å². The first kappa shape index (κ1) is 12.9. The Morgan fingerprint density at radius 2 is 2.17 bits per heavy atom.